The van der Waals surface area contributed by atoms with Gasteiger partial charge in [0, 0.05) is 12.0 Å². The largest absolute Gasteiger partial charge is 0.460 e. The molecular weight excluding hydrogens is 760 g/mol. The molecule has 0 aliphatic heterocycles. The molecule has 0 aromatic carbocycles. The summed E-state index contributed by atoms with van der Waals surface area (Å²) in [6.07, 6.45) is -5.44. The Morgan fingerprint density at radius 2 is 1.34 bits per heavy atom. The third-order valence-corrected chi connectivity index (χ3v) is 14.2. The van der Waals surface area contributed by atoms with Crippen LogP contribution in [-0.2, 0) is 11.0 Å². The molecule has 0 saturated carbocycles. The lowest BCUT2D eigenvalue weighted by atomic mass is 9.93. The zero-order valence-electron chi connectivity index (χ0n) is 24.3. The summed E-state index contributed by atoms with van der Waals surface area (Å²) in [6, 6.07) is 0.401. The van der Waals surface area contributed by atoms with Gasteiger partial charge < -0.3 is 4.43 Å². The first-order valence-electron chi connectivity index (χ1n) is 13.0. The highest BCUT2D eigenvalue weighted by molar-refractivity contribution is 14.1. The van der Waals surface area contributed by atoms with Crippen molar-refractivity contribution < 1.29 is 61.5 Å². The van der Waals surface area contributed by atoms with E-state index in [1.807, 2.05) is 22.6 Å². The molecule has 1 rings (SSSR count). The molecule has 0 aliphatic rings. The van der Waals surface area contributed by atoms with Crippen molar-refractivity contribution >= 4 is 30.9 Å². The van der Waals surface area contributed by atoms with Crippen molar-refractivity contribution in [2.45, 2.75) is 120 Å². The van der Waals surface area contributed by atoms with E-state index < -0.39 is 79.3 Å². The van der Waals surface area contributed by atoms with Gasteiger partial charge in [-0.2, -0.15) is 57.1 Å². The maximum atomic E-state index is 14.8. The molecule has 0 bridgehead atoms. The van der Waals surface area contributed by atoms with Crippen LogP contribution in [0.1, 0.15) is 64.7 Å². The molecule has 0 unspecified atom stereocenters. The molecule has 3 nitrogen and oxygen atoms in total. The summed E-state index contributed by atoms with van der Waals surface area (Å²) in [5.74, 6) is -34.8. The summed E-state index contributed by atoms with van der Waals surface area (Å²) in [4.78, 5) is 12.9. The first kappa shape index (κ1) is 40.5. The van der Waals surface area contributed by atoms with Crippen LogP contribution in [0.4, 0.5) is 57.1 Å². The van der Waals surface area contributed by atoms with Crippen LogP contribution in [-0.4, -0.2) is 48.7 Å². The summed E-state index contributed by atoms with van der Waals surface area (Å²) in [7, 11) is -3.88. The van der Waals surface area contributed by atoms with Crippen LogP contribution >= 0.6 is 22.6 Å². The number of rotatable bonds is 14. The highest BCUT2D eigenvalue weighted by Gasteiger charge is 2.90. The van der Waals surface area contributed by atoms with Crippen LogP contribution in [0.3, 0.4) is 0 Å². The predicted molar refractivity (Wildman–Crippen MR) is 147 cm³/mol. The van der Waals surface area contributed by atoms with E-state index in [1.54, 1.807) is 6.92 Å². The molecule has 0 radical (unpaired) electrons. The molecule has 18 heteroatoms. The van der Waals surface area contributed by atoms with E-state index in [-0.39, 0.29) is 24.1 Å². The van der Waals surface area contributed by atoms with Crippen LogP contribution in [0.15, 0.2) is 10.9 Å². The molecule has 1 aromatic heterocycles. The Balaban J connectivity index is 3.64. The van der Waals surface area contributed by atoms with Crippen molar-refractivity contribution in [2.75, 3.05) is 0 Å². The Morgan fingerprint density at radius 1 is 0.886 bits per heavy atom. The van der Waals surface area contributed by atoms with E-state index >= 15 is 0 Å². The van der Waals surface area contributed by atoms with Gasteiger partial charge in [0.2, 0.25) is 0 Å². The lowest BCUT2D eigenvalue weighted by molar-refractivity contribution is -0.440. The standard InChI is InChI=1S/C26H31F13INO2Si/c1-8-11-41-19(40)13-17(16(7)20(41)42)18(9-2)43-44(14(3)4,15(5)6)12-10-21(27,28)22(29,30)23(31,32)24(33,34)25(35,36)26(37,38)39/h1,13-15,18H,9-12H2,2-7H3/t18-/m1/s1. The summed E-state index contributed by atoms with van der Waals surface area (Å²) in [5.41, 5.74) is -1.56. The number of aromatic nitrogens is 1. The summed E-state index contributed by atoms with van der Waals surface area (Å²) in [6.45, 7) is 8.71. The molecule has 0 saturated heterocycles. The van der Waals surface area contributed by atoms with Gasteiger partial charge in [0.25, 0.3) is 5.56 Å². The molecule has 0 fully saturated rings. The predicted octanol–water partition coefficient (Wildman–Crippen LogP) is 9.76. The first-order valence-corrected chi connectivity index (χ1v) is 16.4. The third kappa shape index (κ3) is 6.79. The van der Waals surface area contributed by atoms with E-state index in [0.29, 0.717) is 3.70 Å². The SMILES string of the molecule is C#CCn1c(I)cc([C@@H](CC)O[Si](CCC(F)(F)C(F)(F)C(F)(F)C(F)(F)C(F)(F)C(F)(F)F)(C(C)C)C(C)C)c(C)c1=O. The molecule has 0 amide bonds. The average molecular weight is 792 g/mol. The Morgan fingerprint density at radius 3 is 1.73 bits per heavy atom. The minimum absolute atomic E-state index is 0.0889. The lowest BCUT2D eigenvalue weighted by Gasteiger charge is -2.44. The third-order valence-electron chi connectivity index (χ3n) is 7.64. The van der Waals surface area contributed by atoms with Crippen LogP contribution < -0.4 is 5.56 Å². The highest BCUT2D eigenvalue weighted by atomic mass is 127. The smallest absolute Gasteiger partial charge is 0.409 e. The fourth-order valence-corrected chi connectivity index (χ4v) is 10.2. The van der Waals surface area contributed by atoms with Crippen LogP contribution in [0.5, 0.6) is 0 Å². The zero-order valence-corrected chi connectivity index (χ0v) is 27.4. The molecule has 1 atom stereocenters. The van der Waals surface area contributed by atoms with E-state index in [2.05, 4.69) is 5.92 Å². The normalized spacial score (nSPS) is 15.2. The van der Waals surface area contributed by atoms with E-state index in [9.17, 15) is 61.9 Å². The van der Waals surface area contributed by atoms with E-state index in [1.165, 1.54) is 45.3 Å². The molecule has 1 aromatic rings. The van der Waals surface area contributed by atoms with Crippen molar-refractivity contribution in [1.29, 1.82) is 0 Å². The van der Waals surface area contributed by atoms with Gasteiger partial charge in [-0.1, -0.05) is 40.5 Å². The number of terminal acetylenes is 1. The monoisotopic (exact) mass is 791 g/mol. The second-order valence-electron chi connectivity index (χ2n) is 10.9. The molecule has 44 heavy (non-hydrogen) atoms. The van der Waals surface area contributed by atoms with Crippen molar-refractivity contribution in [3.05, 3.63) is 31.2 Å². The van der Waals surface area contributed by atoms with Gasteiger partial charge in [-0.25, -0.2) is 0 Å². The first-order chi connectivity index (χ1) is 19.6. The van der Waals surface area contributed by atoms with Crippen LogP contribution in [0.2, 0.25) is 17.1 Å². The highest BCUT2D eigenvalue weighted by Crippen LogP contribution is 2.61. The van der Waals surface area contributed by atoms with Crippen molar-refractivity contribution in [3.8, 4) is 12.3 Å². The number of hydrogen-bond acceptors (Lipinski definition) is 2. The topological polar surface area (TPSA) is 31.2 Å². The Kier molecular flexibility index (Phi) is 12.3. The summed E-state index contributed by atoms with van der Waals surface area (Å²) >= 11 is 1.81. The lowest BCUT2D eigenvalue weighted by Crippen LogP contribution is -2.70. The van der Waals surface area contributed by atoms with Gasteiger partial charge >= 0.3 is 35.8 Å². The maximum Gasteiger partial charge on any atom is 0.460 e. The minimum atomic E-state index is -7.95. The van der Waals surface area contributed by atoms with Crippen molar-refractivity contribution in [3.63, 3.8) is 0 Å². The maximum absolute atomic E-state index is 14.8. The molecule has 0 aliphatic carbocycles. The number of nitrogens with zero attached hydrogens (tertiary/aromatic N) is 1. The second kappa shape index (κ2) is 13.3. The van der Waals surface area contributed by atoms with E-state index in [0.717, 1.165) is 0 Å². The fraction of sp³-hybridized carbons (Fsp3) is 0.731. The van der Waals surface area contributed by atoms with Gasteiger partial charge in [-0.15, -0.1) is 6.42 Å². The summed E-state index contributed by atoms with van der Waals surface area (Å²) < 4.78 is 186. The molecular formula is C26H31F13INO2Si. The van der Waals surface area contributed by atoms with Gasteiger partial charge in [-0.05, 0) is 64.7 Å². The number of halogens is 14. The molecule has 0 spiro atoms. The van der Waals surface area contributed by atoms with E-state index in [4.69, 9.17) is 10.8 Å². The zero-order chi connectivity index (χ0) is 35.1. The van der Waals surface area contributed by atoms with Crippen molar-refractivity contribution in [1.82, 2.24) is 4.57 Å². The molecule has 1 heterocycles. The molecule has 0 N–H and O–H groups in total. The number of alkyl halides is 13. The molecule has 254 valence electrons. The van der Waals surface area contributed by atoms with Crippen LogP contribution in [0, 0.1) is 23.0 Å². The second-order valence-corrected chi connectivity index (χ2v) is 17.0. The Labute approximate surface area is 260 Å². The van der Waals surface area contributed by atoms with Gasteiger partial charge in [0.15, 0.2) is 8.32 Å². The van der Waals surface area contributed by atoms with Gasteiger partial charge in [0.1, 0.15) is 0 Å². The number of hydrogen-bond donors (Lipinski definition) is 0. The number of pyridine rings is 1. The van der Waals surface area contributed by atoms with Gasteiger partial charge in [0.05, 0.1) is 16.3 Å². The fourth-order valence-electron chi connectivity index (χ4n) is 4.83. The average Bonchev–Trinajstić information content (AvgIpc) is 2.87. The minimum Gasteiger partial charge on any atom is -0.409 e. The van der Waals surface area contributed by atoms with Crippen LogP contribution in [0.25, 0.3) is 0 Å². The summed E-state index contributed by atoms with van der Waals surface area (Å²) in [5, 5.41) is 0. The van der Waals surface area contributed by atoms with Gasteiger partial charge in [-0.3, -0.25) is 9.36 Å². The quantitative estimate of drug-likeness (QED) is 0.0618. The Hall–Kier alpha value is -1.49. The van der Waals surface area contributed by atoms with Crippen molar-refractivity contribution in [2.24, 2.45) is 0 Å². The Bertz CT molecular complexity index is 1260.